The number of rotatable bonds is 5. The van der Waals surface area contributed by atoms with Gasteiger partial charge in [0.1, 0.15) is 0 Å². The normalized spacial score (nSPS) is 10.0. The lowest BCUT2D eigenvalue weighted by Crippen LogP contribution is -2.19. The van der Waals surface area contributed by atoms with E-state index in [0.717, 1.165) is 0 Å². The van der Waals surface area contributed by atoms with Crippen LogP contribution in [0.1, 0.15) is 33.6 Å². The second-order valence-corrected chi connectivity index (χ2v) is 2.69. The Morgan fingerprint density at radius 1 is 1.33 bits per heavy atom. The molecule has 0 N–H and O–H groups in total. The van der Waals surface area contributed by atoms with Gasteiger partial charge in [-0.3, -0.25) is 9.68 Å². The van der Waals surface area contributed by atoms with Gasteiger partial charge < -0.3 is 0 Å². The highest BCUT2D eigenvalue weighted by atomic mass is 17.2. The first-order valence-electron chi connectivity index (χ1n) is 3.98. The molecule has 0 saturated carbocycles. The molecule has 0 atom stereocenters. The molecule has 0 amide bonds. The molecule has 0 unspecified atom stereocenters. The maximum absolute atomic E-state index is 10.8. The van der Waals surface area contributed by atoms with Gasteiger partial charge in [-0.05, 0) is 20.3 Å². The van der Waals surface area contributed by atoms with Crippen LogP contribution in [-0.2, 0) is 19.4 Å². The fourth-order valence-electron chi connectivity index (χ4n) is 0.516. The van der Waals surface area contributed by atoms with Crippen LogP contribution >= 0.6 is 0 Å². The van der Waals surface area contributed by atoms with E-state index in [1.807, 2.05) is 6.92 Å². The summed E-state index contributed by atoms with van der Waals surface area (Å²) in [5.74, 6) is -1.45. The zero-order valence-corrected chi connectivity index (χ0v) is 7.62. The molecule has 0 aliphatic heterocycles. The maximum Gasteiger partial charge on any atom is 0.408 e. The third kappa shape index (κ3) is 4.85. The highest BCUT2D eigenvalue weighted by Crippen LogP contribution is 1.95. The Morgan fingerprint density at radius 3 is 2.33 bits per heavy atom. The lowest BCUT2D eigenvalue weighted by molar-refractivity contribution is -0.288. The predicted octanol–water partition coefficient (Wildman–Crippen LogP) is 1.24. The van der Waals surface area contributed by atoms with E-state index >= 15 is 0 Å². The molecule has 0 bridgehead atoms. The molecule has 0 heterocycles. The van der Waals surface area contributed by atoms with Crippen LogP contribution in [0.3, 0.4) is 0 Å². The van der Waals surface area contributed by atoms with Crippen molar-refractivity contribution in [1.29, 1.82) is 0 Å². The van der Waals surface area contributed by atoms with Crippen molar-refractivity contribution in [3.8, 4) is 0 Å². The van der Waals surface area contributed by atoms with Crippen LogP contribution in [0.2, 0.25) is 0 Å². The average Bonchev–Trinajstić information content (AvgIpc) is 2.00. The van der Waals surface area contributed by atoms with Crippen molar-refractivity contribution in [2.75, 3.05) is 0 Å². The molecule has 0 aliphatic rings. The summed E-state index contributed by atoms with van der Waals surface area (Å²) in [6.07, 6.45) is 0.624. The Labute approximate surface area is 71.8 Å². The first-order chi connectivity index (χ1) is 5.57. The number of ketones is 1. The molecule has 0 fully saturated rings. The third-order valence-electron chi connectivity index (χ3n) is 1.02. The molecule has 0 aromatic carbocycles. The van der Waals surface area contributed by atoms with Gasteiger partial charge in [0.2, 0.25) is 5.78 Å². The fraction of sp³-hybridized carbons (Fsp3) is 0.750. The van der Waals surface area contributed by atoms with Gasteiger partial charge in [-0.15, -0.1) is 0 Å². The van der Waals surface area contributed by atoms with E-state index in [4.69, 9.17) is 0 Å². The minimum Gasteiger partial charge on any atom is -0.289 e. The molecular weight excluding hydrogens is 160 g/mol. The maximum atomic E-state index is 10.8. The predicted molar refractivity (Wildman–Crippen MR) is 42.2 cm³/mol. The molecule has 12 heavy (non-hydrogen) atoms. The topological polar surface area (TPSA) is 52.6 Å². The van der Waals surface area contributed by atoms with E-state index in [1.54, 1.807) is 13.8 Å². The average molecular weight is 174 g/mol. The van der Waals surface area contributed by atoms with E-state index in [-0.39, 0.29) is 12.5 Å². The van der Waals surface area contributed by atoms with Crippen LogP contribution in [0.4, 0.5) is 0 Å². The molecule has 0 spiro atoms. The number of hydrogen-bond donors (Lipinski definition) is 0. The van der Waals surface area contributed by atoms with Crippen LogP contribution in [-0.4, -0.2) is 17.9 Å². The highest BCUT2D eigenvalue weighted by Gasteiger charge is 2.15. The van der Waals surface area contributed by atoms with Crippen LogP contribution in [0, 0.1) is 0 Å². The molecule has 0 aliphatic carbocycles. The van der Waals surface area contributed by atoms with Crippen molar-refractivity contribution < 1.29 is 19.4 Å². The monoisotopic (exact) mass is 174 g/mol. The number of carbonyl (C=O) groups excluding carboxylic acids is 2. The van der Waals surface area contributed by atoms with Crippen molar-refractivity contribution in [3.63, 3.8) is 0 Å². The van der Waals surface area contributed by atoms with Crippen molar-refractivity contribution in [2.24, 2.45) is 0 Å². The summed E-state index contributed by atoms with van der Waals surface area (Å²) in [4.78, 5) is 30.3. The first kappa shape index (κ1) is 11.1. The zero-order chi connectivity index (χ0) is 9.56. The lowest BCUT2D eigenvalue weighted by Gasteiger charge is -2.04. The Bertz CT molecular complexity index is 162. The molecule has 4 nitrogen and oxygen atoms in total. The molecule has 0 saturated heterocycles. The van der Waals surface area contributed by atoms with Gasteiger partial charge in [-0.25, -0.2) is 4.79 Å². The Hall–Kier alpha value is -0.900. The smallest absolute Gasteiger partial charge is 0.289 e. The quantitative estimate of drug-likeness (QED) is 0.357. The van der Waals surface area contributed by atoms with Crippen molar-refractivity contribution in [3.05, 3.63) is 0 Å². The van der Waals surface area contributed by atoms with E-state index in [9.17, 15) is 9.59 Å². The van der Waals surface area contributed by atoms with Crippen LogP contribution in [0.5, 0.6) is 0 Å². The summed E-state index contributed by atoms with van der Waals surface area (Å²) >= 11 is 0. The van der Waals surface area contributed by atoms with Crippen molar-refractivity contribution in [2.45, 2.75) is 39.7 Å². The second-order valence-electron chi connectivity index (χ2n) is 2.69. The van der Waals surface area contributed by atoms with Gasteiger partial charge in [-0.2, -0.15) is 4.89 Å². The zero-order valence-electron chi connectivity index (χ0n) is 7.62. The van der Waals surface area contributed by atoms with Gasteiger partial charge in [0.25, 0.3) is 0 Å². The van der Waals surface area contributed by atoms with E-state index in [2.05, 4.69) is 9.78 Å². The largest absolute Gasteiger partial charge is 0.408 e. The molecule has 0 aromatic rings. The molecule has 0 rings (SSSR count). The summed E-state index contributed by atoms with van der Waals surface area (Å²) in [6, 6.07) is 0. The van der Waals surface area contributed by atoms with E-state index < -0.39 is 11.8 Å². The molecule has 4 heteroatoms. The molecule has 0 aromatic heterocycles. The van der Waals surface area contributed by atoms with Gasteiger partial charge in [0.15, 0.2) is 0 Å². The summed E-state index contributed by atoms with van der Waals surface area (Å²) in [6.45, 7) is 5.23. The van der Waals surface area contributed by atoms with Crippen molar-refractivity contribution in [1.82, 2.24) is 0 Å². The molecule has 70 valence electrons. The third-order valence-corrected chi connectivity index (χ3v) is 1.02. The van der Waals surface area contributed by atoms with Crippen molar-refractivity contribution >= 4 is 11.8 Å². The molecular formula is C8H14O4. The Balaban J connectivity index is 3.65. The molecule has 0 radical (unpaired) electrons. The minimum absolute atomic E-state index is 0.209. The van der Waals surface area contributed by atoms with Crippen LogP contribution in [0.25, 0.3) is 0 Å². The number of Topliss-reactive ketones (excluding diaryl/α,β-unsaturated/α-hetero) is 1. The van der Waals surface area contributed by atoms with E-state index in [1.165, 1.54) is 0 Å². The summed E-state index contributed by atoms with van der Waals surface area (Å²) in [5, 5.41) is 0. The fourth-order valence-corrected chi connectivity index (χ4v) is 0.516. The summed E-state index contributed by atoms with van der Waals surface area (Å²) in [5.41, 5.74) is 0. The lowest BCUT2D eigenvalue weighted by atomic mass is 10.2. The van der Waals surface area contributed by atoms with Crippen LogP contribution < -0.4 is 0 Å². The number of hydrogen-bond acceptors (Lipinski definition) is 4. The first-order valence-corrected chi connectivity index (χ1v) is 3.98. The standard InChI is InChI=1S/C8H14O4/c1-4-5-7(9)8(10)12-11-6(2)3/h6H,4-5H2,1-3H3. The number of carbonyl (C=O) groups is 2. The Morgan fingerprint density at radius 2 is 1.92 bits per heavy atom. The second kappa shape index (κ2) is 5.71. The summed E-state index contributed by atoms with van der Waals surface area (Å²) in [7, 11) is 0. The summed E-state index contributed by atoms with van der Waals surface area (Å²) < 4.78 is 0. The Kier molecular flexibility index (Phi) is 5.28. The van der Waals surface area contributed by atoms with Gasteiger partial charge >= 0.3 is 5.97 Å². The van der Waals surface area contributed by atoms with E-state index in [0.29, 0.717) is 6.42 Å². The van der Waals surface area contributed by atoms with Crippen LogP contribution in [0.15, 0.2) is 0 Å². The minimum atomic E-state index is -0.912. The highest BCUT2D eigenvalue weighted by molar-refractivity contribution is 6.33. The SMILES string of the molecule is CCCC(=O)C(=O)OOC(C)C. The van der Waals surface area contributed by atoms with Gasteiger partial charge in [0.05, 0.1) is 6.10 Å². The van der Waals surface area contributed by atoms with Gasteiger partial charge in [-0.1, -0.05) is 6.92 Å². The van der Waals surface area contributed by atoms with Gasteiger partial charge in [0, 0.05) is 6.42 Å².